The predicted molar refractivity (Wildman–Crippen MR) is 89.1 cm³/mol. The number of thiazole rings is 1. The molecule has 1 amide bonds. The Hall–Kier alpha value is -2.35. The van der Waals surface area contributed by atoms with E-state index in [2.05, 4.69) is 10.3 Å². The summed E-state index contributed by atoms with van der Waals surface area (Å²) in [6.07, 6.45) is -1.82. The van der Waals surface area contributed by atoms with Crippen molar-refractivity contribution in [2.24, 2.45) is 7.05 Å². The molecule has 1 aromatic carbocycles. The van der Waals surface area contributed by atoms with E-state index in [-0.39, 0.29) is 19.0 Å². The molecule has 0 atom stereocenters. The molecule has 24 heavy (non-hydrogen) atoms. The second kappa shape index (κ2) is 6.64. The van der Waals surface area contributed by atoms with E-state index >= 15 is 0 Å². The summed E-state index contributed by atoms with van der Waals surface area (Å²) in [5, 5.41) is 3.31. The smallest absolute Gasteiger partial charge is 0.350 e. The van der Waals surface area contributed by atoms with Gasteiger partial charge in [-0.15, -0.1) is 0 Å². The van der Waals surface area contributed by atoms with E-state index in [0.717, 1.165) is 22.7 Å². The molecule has 1 N–H and O–H groups in total. The van der Waals surface area contributed by atoms with Crippen molar-refractivity contribution in [1.29, 1.82) is 0 Å². The Morgan fingerprint density at radius 1 is 1.33 bits per heavy atom. The Labute approximate surface area is 140 Å². The van der Waals surface area contributed by atoms with Gasteiger partial charge in [0, 0.05) is 24.1 Å². The number of alkyl halides is 3. The van der Waals surface area contributed by atoms with Gasteiger partial charge in [-0.1, -0.05) is 37.0 Å². The van der Waals surface area contributed by atoms with E-state index in [4.69, 9.17) is 0 Å². The molecule has 3 aromatic rings. The van der Waals surface area contributed by atoms with Crippen LogP contribution in [-0.2, 0) is 24.4 Å². The fraction of sp³-hybridized carbons (Fsp3) is 0.250. The molecule has 0 fully saturated rings. The minimum atomic E-state index is -4.45. The minimum absolute atomic E-state index is 0. The maximum atomic E-state index is 12.5. The highest BCUT2D eigenvalue weighted by Gasteiger charge is 2.33. The Bertz CT molecular complexity index is 867. The molecule has 0 spiro atoms. The molecule has 2 heterocycles. The molecule has 0 radical (unpaired) electrons. The number of nitrogens with zero attached hydrogens (tertiary/aromatic N) is 2. The molecule has 128 valence electrons. The topological polar surface area (TPSA) is 46.9 Å². The quantitative estimate of drug-likeness (QED) is 0.753. The van der Waals surface area contributed by atoms with Gasteiger partial charge in [0.25, 0.3) is 0 Å². The number of carbonyl (C=O) groups is 1. The fourth-order valence-corrected chi connectivity index (χ4v) is 3.07. The number of aromatic nitrogens is 2. The van der Waals surface area contributed by atoms with Crippen LogP contribution in [0, 0.1) is 0 Å². The van der Waals surface area contributed by atoms with Crippen LogP contribution in [0.5, 0.6) is 0 Å². The second-order valence-corrected chi connectivity index (χ2v) is 6.07. The molecule has 0 saturated heterocycles. The van der Waals surface area contributed by atoms with Crippen molar-refractivity contribution in [2.75, 3.05) is 5.32 Å². The number of carbonyl (C=O) groups excluding carboxylic acids is 1. The largest absolute Gasteiger partial charge is 0.427 e. The van der Waals surface area contributed by atoms with Gasteiger partial charge in [0.1, 0.15) is 4.88 Å². The van der Waals surface area contributed by atoms with E-state index in [0.29, 0.717) is 11.3 Å². The van der Waals surface area contributed by atoms with Gasteiger partial charge >= 0.3 is 6.18 Å². The average Bonchev–Trinajstić information content (AvgIpc) is 3.05. The molecular formula is C16H16F3N3OS. The number of halogens is 3. The summed E-state index contributed by atoms with van der Waals surface area (Å²) in [4.78, 5) is 14.8. The maximum absolute atomic E-state index is 12.5. The Kier molecular flexibility index (Phi) is 4.98. The molecule has 0 aliphatic rings. The van der Waals surface area contributed by atoms with Crippen molar-refractivity contribution in [3.05, 3.63) is 47.1 Å². The van der Waals surface area contributed by atoms with Crippen LogP contribution in [0.3, 0.4) is 0 Å². The van der Waals surface area contributed by atoms with Crippen molar-refractivity contribution in [3.8, 4) is 0 Å². The zero-order valence-corrected chi connectivity index (χ0v) is 12.8. The molecular weight excluding hydrogens is 339 g/mol. The maximum Gasteiger partial charge on any atom is 0.427 e. The summed E-state index contributed by atoms with van der Waals surface area (Å²) in [6, 6.07) is 7.62. The van der Waals surface area contributed by atoms with Crippen LogP contribution in [-0.4, -0.2) is 15.5 Å². The number of anilines is 1. The van der Waals surface area contributed by atoms with Crippen LogP contribution in [0.25, 0.3) is 10.9 Å². The summed E-state index contributed by atoms with van der Waals surface area (Å²) in [7, 11) is 1.88. The number of fused-ring (bicyclic) bond motifs is 1. The number of rotatable bonds is 3. The van der Waals surface area contributed by atoms with Crippen LogP contribution in [0.15, 0.2) is 36.7 Å². The van der Waals surface area contributed by atoms with Crippen LogP contribution < -0.4 is 5.32 Å². The average molecular weight is 355 g/mol. The third kappa shape index (κ3) is 3.59. The number of benzene rings is 1. The Balaban J connectivity index is 0.00000208. The van der Waals surface area contributed by atoms with Crippen LogP contribution in [0.1, 0.15) is 17.9 Å². The molecule has 2 aromatic heterocycles. The minimum Gasteiger partial charge on any atom is -0.350 e. The van der Waals surface area contributed by atoms with Gasteiger partial charge in [-0.2, -0.15) is 13.2 Å². The van der Waals surface area contributed by atoms with Crippen molar-refractivity contribution in [2.45, 2.75) is 20.0 Å². The van der Waals surface area contributed by atoms with E-state index in [9.17, 15) is 18.0 Å². The summed E-state index contributed by atoms with van der Waals surface area (Å²) in [6.45, 7) is 0. The zero-order chi connectivity index (χ0) is 16.6. The lowest BCUT2D eigenvalue weighted by molar-refractivity contribution is -0.134. The Morgan fingerprint density at radius 2 is 2.04 bits per heavy atom. The molecule has 3 rings (SSSR count). The number of hydrogen-bond acceptors (Lipinski definition) is 3. The molecule has 0 aliphatic heterocycles. The normalized spacial score (nSPS) is 11.3. The van der Waals surface area contributed by atoms with Crippen molar-refractivity contribution in [3.63, 3.8) is 0 Å². The molecule has 0 saturated carbocycles. The van der Waals surface area contributed by atoms with E-state index in [1.54, 1.807) is 0 Å². The Morgan fingerprint density at radius 3 is 2.71 bits per heavy atom. The monoisotopic (exact) mass is 355 g/mol. The third-order valence-corrected chi connectivity index (χ3v) is 4.32. The number of nitrogens with one attached hydrogen (secondary N) is 1. The second-order valence-electron chi connectivity index (χ2n) is 5.03. The zero-order valence-electron chi connectivity index (χ0n) is 12.0. The number of hydrogen-bond donors (Lipinski definition) is 1. The van der Waals surface area contributed by atoms with Crippen LogP contribution in [0.4, 0.5) is 18.3 Å². The van der Waals surface area contributed by atoms with Crippen LogP contribution >= 0.6 is 11.3 Å². The molecule has 0 bridgehead atoms. The van der Waals surface area contributed by atoms with E-state index in [1.807, 2.05) is 42.1 Å². The van der Waals surface area contributed by atoms with E-state index < -0.39 is 17.0 Å². The molecule has 0 aliphatic carbocycles. The first-order valence-electron chi connectivity index (χ1n) is 6.70. The van der Waals surface area contributed by atoms with Gasteiger partial charge in [0.05, 0.1) is 12.6 Å². The van der Waals surface area contributed by atoms with Crippen molar-refractivity contribution in [1.82, 2.24) is 9.55 Å². The highest BCUT2D eigenvalue weighted by atomic mass is 32.1. The first-order valence-corrected chi connectivity index (χ1v) is 7.52. The molecule has 8 heteroatoms. The van der Waals surface area contributed by atoms with Gasteiger partial charge in [-0.05, 0) is 11.6 Å². The van der Waals surface area contributed by atoms with E-state index in [1.165, 1.54) is 0 Å². The number of aryl methyl sites for hydroxylation is 1. The van der Waals surface area contributed by atoms with Gasteiger partial charge in [0.2, 0.25) is 5.91 Å². The van der Waals surface area contributed by atoms with Crippen molar-refractivity contribution < 1.29 is 18.0 Å². The predicted octanol–water partition coefficient (Wildman–Crippen LogP) is 4.47. The first kappa shape index (κ1) is 18.0. The van der Waals surface area contributed by atoms with Crippen molar-refractivity contribution >= 4 is 33.3 Å². The van der Waals surface area contributed by atoms with Gasteiger partial charge in [-0.3, -0.25) is 4.79 Å². The summed E-state index contributed by atoms with van der Waals surface area (Å²) in [5.41, 5.74) is 1.80. The summed E-state index contributed by atoms with van der Waals surface area (Å²) in [5.74, 6) is -0.399. The summed E-state index contributed by atoms with van der Waals surface area (Å²) < 4.78 is 39.5. The molecule has 0 unspecified atom stereocenters. The highest BCUT2D eigenvalue weighted by Crippen LogP contribution is 2.35. The lowest BCUT2D eigenvalue weighted by Crippen LogP contribution is -2.14. The fourth-order valence-electron chi connectivity index (χ4n) is 2.37. The van der Waals surface area contributed by atoms with Gasteiger partial charge in [0.15, 0.2) is 5.13 Å². The lowest BCUT2D eigenvalue weighted by atomic mass is 10.1. The SMILES string of the molecule is C.Cn1cc(CC(=O)Nc2ncc(C(F)(F)F)s2)c2ccccc21. The van der Waals surface area contributed by atoms with Gasteiger partial charge < -0.3 is 9.88 Å². The third-order valence-electron chi connectivity index (χ3n) is 3.36. The molecule has 4 nitrogen and oxygen atoms in total. The van der Waals surface area contributed by atoms with Gasteiger partial charge in [-0.25, -0.2) is 4.98 Å². The van der Waals surface area contributed by atoms with Crippen LogP contribution in [0.2, 0.25) is 0 Å². The standard InChI is InChI=1S/C15H12F3N3OS.CH4/c1-21-8-9(10-4-2-3-5-11(10)21)6-13(22)20-14-19-7-12(23-14)15(16,17)18;/h2-5,7-8H,6H2,1H3,(H,19,20,22);1H4. The highest BCUT2D eigenvalue weighted by molar-refractivity contribution is 7.15. The summed E-state index contributed by atoms with van der Waals surface area (Å²) >= 11 is 0.414. The number of amides is 1. The first-order chi connectivity index (χ1) is 10.8. The number of para-hydroxylation sites is 1. The lowest BCUT2D eigenvalue weighted by Gasteiger charge is -2.02.